The van der Waals surface area contributed by atoms with Crippen LogP contribution in [0.3, 0.4) is 0 Å². The normalized spacial score (nSPS) is 20.5. The summed E-state index contributed by atoms with van der Waals surface area (Å²) in [6.45, 7) is 7.21. The Morgan fingerprint density at radius 2 is 2.00 bits per heavy atom. The first-order valence-electron chi connectivity index (χ1n) is 8.58. The molecule has 0 saturated carbocycles. The number of carbonyl (C=O) groups excluding carboxylic acids is 2. The first-order chi connectivity index (χ1) is 11.4. The highest BCUT2D eigenvalue weighted by Crippen LogP contribution is 2.32. The Kier molecular flexibility index (Phi) is 5.86. The van der Waals surface area contributed by atoms with Crippen molar-refractivity contribution in [1.29, 1.82) is 0 Å². The molecule has 24 heavy (non-hydrogen) atoms. The van der Waals surface area contributed by atoms with Crippen molar-refractivity contribution in [3.8, 4) is 5.75 Å². The first kappa shape index (κ1) is 18.3. The Balaban J connectivity index is 2.07. The fraction of sp³-hybridized carbons (Fsp3) is 0.579. The van der Waals surface area contributed by atoms with Gasteiger partial charge in [0.1, 0.15) is 11.3 Å². The van der Waals surface area contributed by atoms with Gasteiger partial charge in [0.05, 0.1) is 7.11 Å². The smallest absolute Gasteiger partial charge is 0.245 e. The molecule has 132 valence electrons. The SMILES string of the molecule is COc1ccc(CN2C(=O)CC[C@@]2(C)C(=O)NCCC(C)C)cc1. The van der Waals surface area contributed by atoms with Crippen LogP contribution < -0.4 is 10.1 Å². The summed E-state index contributed by atoms with van der Waals surface area (Å²) in [4.78, 5) is 26.7. The number of nitrogens with one attached hydrogen (secondary N) is 1. The number of benzene rings is 1. The minimum absolute atomic E-state index is 0.0346. The standard InChI is InChI=1S/C19H28N2O3/c1-14(2)10-12-20-18(23)19(3)11-9-17(22)21(19)13-15-5-7-16(24-4)8-6-15/h5-8,14H,9-13H2,1-4H3,(H,20,23)/t19-/m0/s1. The second-order valence-electron chi connectivity index (χ2n) is 7.04. The summed E-state index contributed by atoms with van der Waals surface area (Å²) >= 11 is 0. The van der Waals surface area contributed by atoms with Gasteiger partial charge in [-0.2, -0.15) is 0 Å². The van der Waals surface area contributed by atoms with Crippen LogP contribution in [0, 0.1) is 5.92 Å². The Bertz CT molecular complexity index is 583. The summed E-state index contributed by atoms with van der Waals surface area (Å²) in [6.07, 6.45) is 1.92. The number of hydrogen-bond acceptors (Lipinski definition) is 3. The highest BCUT2D eigenvalue weighted by atomic mass is 16.5. The van der Waals surface area contributed by atoms with Crippen molar-refractivity contribution in [2.75, 3.05) is 13.7 Å². The minimum atomic E-state index is -0.770. The van der Waals surface area contributed by atoms with Crippen LogP contribution in [-0.2, 0) is 16.1 Å². The van der Waals surface area contributed by atoms with Gasteiger partial charge in [0, 0.05) is 19.5 Å². The van der Waals surface area contributed by atoms with Crippen LogP contribution in [0.15, 0.2) is 24.3 Å². The molecule has 0 aromatic heterocycles. The maximum Gasteiger partial charge on any atom is 0.245 e. The van der Waals surface area contributed by atoms with E-state index in [1.165, 1.54) is 0 Å². The third-order valence-corrected chi connectivity index (χ3v) is 4.72. The lowest BCUT2D eigenvalue weighted by Gasteiger charge is -2.34. The van der Waals surface area contributed by atoms with E-state index in [9.17, 15) is 9.59 Å². The molecule has 0 unspecified atom stereocenters. The highest BCUT2D eigenvalue weighted by Gasteiger charge is 2.46. The molecule has 1 atom stereocenters. The van der Waals surface area contributed by atoms with Gasteiger partial charge < -0.3 is 15.0 Å². The summed E-state index contributed by atoms with van der Waals surface area (Å²) in [6, 6.07) is 7.61. The number of amides is 2. The largest absolute Gasteiger partial charge is 0.497 e. The van der Waals surface area contributed by atoms with Crippen LogP contribution in [-0.4, -0.2) is 35.9 Å². The molecular formula is C19H28N2O3. The van der Waals surface area contributed by atoms with Crippen molar-refractivity contribution in [3.05, 3.63) is 29.8 Å². The van der Waals surface area contributed by atoms with E-state index in [1.807, 2.05) is 31.2 Å². The van der Waals surface area contributed by atoms with Crippen molar-refractivity contribution in [2.24, 2.45) is 5.92 Å². The Labute approximate surface area is 144 Å². The molecule has 2 rings (SSSR count). The monoisotopic (exact) mass is 332 g/mol. The number of hydrogen-bond donors (Lipinski definition) is 1. The Hall–Kier alpha value is -2.04. The molecule has 2 amide bonds. The van der Waals surface area contributed by atoms with Gasteiger partial charge in [-0.05, 0) is 43.4 Å². The van der Waals surface area contributed by atoms with Crippen LogP contribution in [0.1, 0.15) is 45.6 Å². The maximum absolute atomic E-state index is 12.7. The number of likely N-dealkylation sites (tertiary alicyclic amines) is 1. The third kappa shape index (κ3) is 4.08. The molecule has 1 aromatic rings. The van der Waals surface area contributed by atoms with Crippen LogP contribution in [0.5, 0.6) is 5.75 Å². The Morgan fingerprint density at radius 1 is 1.33 bits per heavy atom. The quantitative estimate of drug-likeness (QED) is 0.835. The minimum Gasteiger partial charge on any atom is -0.497 e. The molecule has 0 spiro atoms. The number of carbonyl (C=O) groups is 2. The molecular weight excluding hydrogens is 304 g/mol. The number of nitrogens with zero attached hydrogens (tertiary/aromatic N) is 1. The van der Waals surface area contributed by atoms with Gasteiger partial charge in [0.25, 0.3) is 0 Å². The Morgan fingerprint density at radius 3 is 2.58 bits per heavy atom. The predicted octanol–water partition coefficient (Wildman–Crippen LogP) is 2.74. The molecule has 1 aromatic carbocycles. The van der Waals surface area contributed by atoms with E-state index in [4.69, 9.17) is 4.74 Å². The fourth-order valence-electron chi connectivity index (χ4n) is 2.97. The maximum atomic E-state index is 12.7. The summed E-state index contributed by atoms with van der Waals surface area (Å²) in [5.41, 5.74) is 0.223. The summed E-state index contributed by atoms with van der Waals surface area (Å²) in [7, 11) is 1.62. The van der Waals surface area contributed by atoms with Gasteiger partial charge >= 0.3 is 0 Å². The molecule has 1 saturated heterocycles. The van der Waals surface area contributed by atoms with Gasteiger partial charge in [0.15, 0.2) is 0 Å². The molecule has 1 aliphatic heterocycles. The average Bonchev–Trinajstić information content (AvgIpc) is 2.85. The lowest BCUT2D eigenvalue weighted by atomic mass is 9.96. The number of methoxy groups -OCH3 is 1. The van der Waals surface area contributed by atoms with Crippen LogP contribution in [0.4, 0.5) is 0 Å². The summed E-state index contributed by atoms with van der Waals surface area (Å²) < 4.78 is 5.16. The third-order valence-electron chi connectivity index (χ3n) is 4.72. The van der Waals surface area contributed by atoms with Crippen LogP contribution >= 0.6 is 0 Å². The van der Waals surface area contributed by atoms with E-state index in [0.717, 1.165) is 17.7 Å². The summed E-state index contributed by atoms with van der Waals surface area (Å²) in [5.74, 6) is 1.30. The van der Waals surface area contributed by atoms with Gasteiger partial charge in [-0.25, -0.2) is 0 Å². The zero-order valence-electron chi connectivity index (χ0n) is 15.1. The van der Waals surface area contributed by atoms with E-state index in [1.54, 1.807) is 12.0 Å². The molecule has 5 heteroatoms. The van der Waals surface area contributed by atoms with Crippen molar-refractivity contribution in [3.63, 3.8) is 0 Å². The van der Waals surface area contributed by atoms with E-state index in [2.05, 4.69) is 19.2 Å². The molecule has 1 N–H and O–H groups in total. The number of ether oxygens (including phenoxy) is 1. The molecule has 1 fully saturated rings. The first-order valence-corrected chi connectivity index (χ1v) is 8.58. The van der Waals surface area contributed by atoms with Crippen molar-refractivity contribution < 1.29 is 14.3 Å². The fourth-order valence-corrected chi connectivity index (χ4v) is 2.97. The summed E-state index contributed by atoms with van der Waals surface area (Å²) in [5, 5.41) is 3.00. The number of rotatable bonds is 7. The van der Waals surface area contributed by atoms with E-state index >= 15 is 0 Å². The van der Waals surface area contributed by atoms with E-state index < -0.39 is 5.54 Å². The van der Waals surface area contributed by atoms with E-state index in [0.29, 0.717) is 31.8 Å². The zero-order valence-corrected chi connectivity index (χ0v) is 15.1. The molecule has 1 heterocycles. The van der Waals surface area contributed by atoms with Crippen LogP contribution in [0.25, 0.3) is 0 Å². The lowest BCUT2D eigenvalue weighted by Crippen LogP contribution is -2.54. The predicted molar refractivity (Wildman–Crippen MR) is 93.6 cm³/mol. The van der Waals surface area contributed by atoms with Gasteiger partial charge in [-0.15, -0.1) is 0 Å². The van der Waals surface area contributed by atoms with Gasteiger partial charge in [-0.3, -0.25) is 9.59 Å². The molecule has 0 aliphatic carbocycles. The van der Waals surface area contributed by atoms with Crippen LogP contribution in [0.2, 0.25) is 0 Å². The van der Waals surface area contributed by atoms with Crippen molar-refractivity contribution in [2.45, 2.75) is 52.1 Å². The highest BCUT2D eigenvalue weighted by molar-refractivity contribution is 5.94. The van der Waals surface area contributed by atoms with Crippen molar-refractivity contribution >= 4 is 11.8 Å². The topological polar surface area (TPSA) is 58.6 Å². The second kappa shape index (κ2) is 7.69. The zero-order chi connectivity index (χ0) is 17.7. The molecule has 0 bridgehead atoms. The lowest BCUT2D eigenvalue weighted by molar-refractivity contribution is -0.141. The molecule has 5 nitrogen and oxygen atoms in total. The molecule has 0 radical (unpaired) electrons. The second-order valence-corrected chi connectivity index (χ2v) is 7.04. The van der Waals surface area contributed by atoms with Gasteiger partial charge in [-0.1, -0.05) is 26.0 Å². The van der Waals surface area contributed by atoms with Gasteiger partial charge in [0.2, 0.25) is 11.8 Å². The van der Waals surface area contributed by atoms with E-state index in [-0.39, 0.29) is 11.8 Å². The molecule has 1 aliphatic rings. The average molecular weight is 332 g/mol. The van der Waals surface area contributed by atoms with Crippen molar-refractivity contribution in [1.82, 2.24) is 10.2 Å².